The van der Waals surface area contributed by atoms with Crippen molar-refractivity contribution in [3.8, 4) is 0 Å². The molecule has 3 heterocycles. The van der Waals surface area contributed by atoms with Gasteiger partial charge in [0.25, 0.3) is 5.91 Å². The van der Waals surface area contributed by atoms with Crippen molar-refractivity contribution >= 4 is 17.7 Å². The molecular weight excluding hydrogens is 356 g/mol. The minimum absolute atomic E-state index is 0.113. The molecule has 4 rings (SSSR count). The SMILES string of the molecule is CC(N)C1CCCN(Cc2ccc3c(c2)C(=O)N(C2CCC(=O)NC2=O)C3)C1. The van der Waals surface area contributed by atoms with Crippen molar-refractivity contribution in [1.82, 2.24) is 15.1 Å². The van der Waals surface area contributed by atoms with Crippen LogP contribution in [0.15, 0.2) is 18.2 Å². The number of hydrogen-bond acceptors (Lipinski definition) is 5. The molecule has 0 aliphatic carbocycles. The van der Waals surface area contributed by atoms with Gasteiger partial charge < -0.3 is 10.6 Å². The van der Waals surface area contributed by atoms with Gasteiger partial charge in [-0.1, -0.05) is 12.1 Å². The quantitative estimate of drug-likeness (QED) is 0.756. The summed E-state index contributed by atoms with van der Waals surface area (Å²) in [5.41, 5.74) is 8.84. The van der Waals surface area contributed by atoms with Crippen molar-refractivity contribution in [3.05, 3.63) is 34.9 Å². The summed E-state index contributed by atoms with van der Waals surface area (Å²) in [7, 11) is 0. The predicted molar refractivity (Wildman–Crippen MR) is 104 cm³/mol. The lowest BCUT2D eigenvalue weighted by atomic mass is 9.92. The molecule has 0 saturated carbocycles. The predicted octanol–water partition coefficient (Wildman–Crippen LogP) is 1.01. The second-order valence-corrected chi connectivity index (χ2v) is 8.39. The third-order valence-corrected chi connectivity index (χ3v) is 6.28. The van der Waals surface area contributed by atoms with Crippen LogP contribution in [-0.2, 0) is 22.7 Å². The number of amides is 3. The molecule has 3 N–H and O–H groups in total. The highest BCUT2D eigenvalue weighted by Crippen LogP contribution is 2.29. The Morgan fingerprint density at radius 2 is 2.07 bits per heavy atom. The number of piperidine rings is 2. The van der Waals surface area contributed by atoms with Crippen LogP contribution in [0.2, 0.25) is 0 Å². The molecule has 0 radical (unpaired) electrons. The molecule has 7 heteroatoms. The lowest BCUT2D eigenvalue weighted by Crippen LogP contribution is -2.52. The van der Waals surface area contributed by atoms with Crippen LogP contribution in [0.5, 0.6) is 0 Å². The smallest absolute Gasteiger partial charge is 0.255 e. The number of carbonyl (C=O) groups is 3. The van der Waals surface area contributed by atoms with Gasteiger partial charge in [-0.25, -0.2) is 0 Å². The molecule has 2 fully saturated rings. The third kappa shape index (κ3) is 3.69. The maximum Gasteiger partial charge on any atom is 0.255 e. The summed E-state index contributed by atoms with van der Waals surface area (Å²) in [4.78, 5) is 40.5. The Hall–Kier alpha value is -2.25. The summed E-state index contributed by atoms with van der Waals surface area (Å²) in [6, 6.07) is 5.69. The Bertz CT molecular complexity index is 807. The van der Waals surface area contributed by atoms with Crippen LogP contribution in [0.1, 0.15) is 54.1 Å². The lowest BCUT2D eigenvalue weighted by molar-refractivity contribution is -0.136. The van der Waals surface area contributed by atoms with Gasteiger partial charge in [0.15, 0.2) is 0 Å². The normalized spacial score (nSPS) is 26.9. The van der Waals surface area contributed by atoms with Crippen LogP contribution in [0.3, 0.4) is 0 Å². The van der Waals surface area contributed by atoms with Gasteiger partial charge in [-0.05, 0) is 55.8 Å². The van der Waals surface area contributed by atoms with E-state index in [4.69, 9.17) is 5.73 Å². The van der Waals surface area contributed by atoms with Gasteiger partial charge in [-0.3, -0.25) is 24.6 Å². The zero-order chi connectivity index (χ0) is 19.8. The Balaban J connectivity index is 1.46. The van der Waals surface area contributed by atoms with Gasteiger partial charge in [0, 0.05) is 37.7 Å². The van der Waals surface area contributed by atoms with E-state index in [0.29, 0.717) is 24.4 Å². The largest absolute Gasteiger partial charge is 0.328 e. The zero-order valence-corrected chi connectivity index (χ0v) is 16.3. The van der Waals surface area contributed by atoms with E-state index >= 15 is 0 Å². The number of nitrogens with two attached hydrogens (primary N) is 1. The van der Waals surface area contributed by atoms with Gasteiger partial charge in [0.2, 0.25) is 11.8 Å². The van der Waals surface area contributed by atoms with Crippen LogP contribution in [-0.4, -0.2) is 52.7 Å². The number of carbonyl (C=O) groups excluding carboxylic acids is 3. The van der Waals surface area contributed by atoms with E-state index in [2.05, 4.69) is 23.2 Å². The van der Waals surface area contributed by atoms with Gasteiger partial charge in [0.1, 0.15) is 6.04 Å². The number of nitrogens with zero attached hydrogens (tertiary/aromatic N) is 2. The molecule has 0 spiro atoms. The molecular formula is C21H28N4O3. The van der Waals surface area contributed by atoms with E-state index in [1.807, 2.05) is 12.1 Å². The second kappa shape index (κ2) is 7.64. The second-order valence-electron chi connectivity index (χ2n) is 8.39. The molecule has 3 aliphatic rings. The van der Waals surface area contributed by atoms with Crippen LogP contribution in [0.25, 0.3) is 0 Å². The fourth-order valence-electron chi connectivity index (χ4n) is 4.62. The van der Waals surface area contributed by atoms with Gasteiger partial charge in [-0.15, -0.1) is 0 Å². The molecule has 2 saturated heterocycles. The first-order valence-electron chi connectivity index (χ1n) is 10.2. The topological polar surface area (TPSA) is 95.7 Å². The number of fused-ring (bicyclic) bond motifs is 1. The van der Waals surface area contributed by atoms with E-state index in [-0.39, 0.29) is 30.2 Å². The zero-order valence-electron chi connectivity index (χ0n) is 16.3. The molecule has 3 aliphatic heterocycles. The molecule has 3 unspecified atom stereocenters. The number of imide groups is 1. The van der Waals surface area contributed by atoms with Gasteiger partial charge in [-0.2, -0.15) is 0 Å². The highest BCUT2D eigenvalue weighted by atomic mass is 16.2. The third-order valence-electron chi connectivity index (χ3n) is 6.28. The Labute approximate surface area is 165 Å². The summed E-state index contributed by atoms with van der Waals surface area (Å²) >= 11 is 0. The van der Waals surface area contributed by atoms with Crippen LogP contribution in [0, 0.1) is 5.92 Å². The summed E-state index contributed by atoms with van der Waals surface area (Å²) in [5.74, 6) is -0.224. The lowest BCUT2D eigenvalue weighted by Gasteiger charge is -2.34. The molecule has 0 bridgehead atoms. The summed E-state index contributed by atoms with van der Waals surface area (Å²) in [5, 5.41) is 2.34. The van der Waals surface area contributed by atoms with Crippen LogP contribution >= 0.6 is 0 Å². The number of likely N-dealkylation sites (tertiary alicyclic amines) is 1. The van der Waals surface area contributed by atoms with E-state index < -0.39 is 6.04 Å². The molecule has 1 aromatic carbocycles. The minimum atomic E-state index is -0.560. The average molecular weight is 384 g/mol. The van der Waals surface area contributed by atoms with Crippen molar-refractivity contribution in [1.29, 1.82) is 0 Å². The molecule has 0 aromatic heterocycles. The Kier molecular flexibility index (Phi) is 5.21. The summed E-state index contributed by atoms with van der Waals surface area (Å²) in [6.07, 6.45) is 3.00. The molecule has 1 aromatic rings. The van der Waals surface area contributed by atoms with Gasteiger partial charge in [0.05, 0.1) is 0 Å². The number of rotatable bonds is 4. The highest BCUT2D eigenvalue weighted by molar-refractivity contribution is 6.05. The Morgan fingerprint density at radius 1 is 1.25 bits per heavy atom. The molecule has 7 nitrogen and oxygen atoms in total. The standard InChI is InChI=1S/C21H28N4O3/c1-13(22)15-3-2-8-24(11-15)10-14-4-5-16-12-25(21(28)17(16)9-14)18-6-7-19(26)23-20(18)27/h4-5,9,13,15,18H,2-3,6-8,10-12,22H2,1H3,(H,23,26,27). The van der Waals surface area contributed by atoms with Crippen LogP contribution < -0.4 is 11.1 Å². The molecule has 28 heavy (non-hydrogen) atoms. The first kappa shape index (κ1) is 19.1. The number of nitrogens with one attached hydrogen (secondary N) is 1. The number of benzene rings is 1. The Morgan fingerprint density at radius 3 is 2.82 bits per heavy atom. The molecule has 150 valence electrons. The summed E-state index contributed by atoms with van der Waals surface area (Å²) < 4.78 is 0. The maximum atomic E-state index is 12.9. The summed E-state index contributed by atoms with van der Waals surface area (Å²) in [6.45, 7) is 5.35. The van der Waals surface area contributed by atoms with Crippen molar-refractivity contribution in [2.24, 2.45) is 11.7 Å². The minimum Gasteiger partial charge on any atom is -0.328 e. The fraction of sp³-hybridized carbons (Fsp3) is 0.571. The van der Waals surface area contributed by atoms with E-state index in [0.717, 1.165) is 37.2 Å². The molecule has 3 amide bonds. The number of hydrogen-bond donors (Lipinski definition) is 2. The first-order chi connectivity index (χ1) is 13.4. The van der Waals surface area contributed by atoms with E-state index in [9.17, 15) is 14.4 Å². The van der Waals surface area contributed by atoms with Crippen LogP contribution in [0.4, 0.5) is 0 Å². The van der Waals surface area contributed by atoms with Crippen molar-refractivity contribution in [2.45, 2.75) is 57.8 Å². The maximum absolute atomic E-state index is 12.9. The monoisotopic (exact) mass is 384 g/mol. The van der Waals surface area contributed by atoms with Crippen molar-refractivity contribution < 1.29 is 14.4 Å². The average Bonchev–Trinajstić information content (AvgIpc) is 2.98. The van der Waals surface area contributed by atoms with E-state index in [1.54, 1.807) is 4.90 Å². The van der Waals surface area contributed by atoms with Crippen molar-refractivity contribution in [3.63, 3.8) is 0 Å². The van der Waals surface area contributed by atoms with Crippen molar-refractivity contribution in [2.75, 3.05) is 13.1 Å². The van der Waals surface area contributed by atoms with E-state index in [1.165, 1.54) is 6.42 Å². The van der Waals surface area contributed by atoms with Gasteiger partial charge >= 0.3 is 0 Å². The highest BCUT2D eigenvalue weighted by Gasteiger charge is 2.39. The fourth-order valence-corrected chi connectivity index (χ4v) is 4.62. The first-order valence-corrected chi connectivity index (χ1v) is 10.2. The molecule has 3 atom stereocenters.